The third kappa shape index (κ3) is 3.14. The van der Waals surface area contributed by atoms with Gasteiger partial charge in [0.25, 0.3) is 5.60 Å². The normalized spacial score (nSPS) is 16.3. The van der Waals surface area contributed by atoms with Gasteiger partial charge in [-0.2, -0.15) is 26.3 Å². The molecule has 9 heteroatoms. The maximum absolute atomic E-state index is 12.7. The summed E-state index contributed by atoms with van der Waals surface area (Å²) in [5.74, 6) is -2.26. The zero-order valence-corrected chi connectivity index (χ0v) is 11.5. The fraction of sp³-hybridized carbons (Fsp3) is 0.538. The first-order valence-corrected chi connectivity index (χ1v) is 6.04. The molecule has 0 amide bonds. The van der Waals surface area contributed by atoms with Crippen molar-refractivity contribution in [3.8, 4) is 5.75 Å². The van der Waals surface area contributed by atoms with Crippen molar-refractivity contribution >= 4 is 0 Å². The van der Waals surface area contributed by atoms with E-state index in [1.165, 1.54) is 19.2 Å². The Kier molecular flexibility index (Phi) is 5.03. The summed E-state index contributed by atoms with van der Waals surface area (Å²) in [5, 5.41) is 19.1. The van der Waals surface area contributed by atoms with Crippen LogP contribution in [0.3, 0.4) is 0 Å². The fourth-order valence-corrected chi connectivity index (χ4v) is 2.00. The van der Waals surface area contributed by atoms with Crippen LogP contribution < -0.4 is 4.74 Å². The SMILES string of the molecule is COc1ccc([C@@H](O)[C@H](C)C(O)(C(F)(F)F)C(F)(F)F)cc1. The largest absolute Gasteiger partial charge is 0.497 e. The molecule has 0 heterocycles. The number of rotatable bonds is 4. The number of aliphatic hydroxyl groups is 2. The average Bonchev–Trinajstić information content (AvgIpc) is 2.42. The summed E-state index contributed by atoms with van der Waals surface area (Å²) >= 11 is 0. The third-order valence-electron chi connectivity index (χ3n) is 3.45. The van der Waals surface area contributed by atoms with Crippen LogP contribution in [-0.4, -0.2) is 35.3 Å². The van der Waals surface area contributed by atoms with E-state index in [0.29, 0.717) is 12.7 Å². The van der Waals surface area contributed by atoms with E-state index in [9.17, 15) is 36.6 Å². The lowest BCUT2D eigenvalue weighted by Crippen LogP contribution is -2.62. The summed E-state index contributed by atoms with van der Waals surface area (Å²) in [6.07, 6.45) is -14.2. The van der Waals surface area contributed by atoms with Gasteiger partial charge in [0.05, 0.1) is 13.2 Å². The van der Waals surface area contributed by atoms with Gasteiger partial charge < -0.3 is 14.9 Å². The third-order valence-corrected chi connectivity index (χ3v) is 3.45. The van der Waals surface area contributed by atoms with Gasteiger partial charge in [0, 0.05) is 5.92 Å². The highest BCUT2D eigenvalue weighted by atomic mass is 19.4. The van der Waals surface area contributed by atoms with Gasteiger partial charge in [0.15, 0.2) is 0 Å². The molecule has 0 aromatic heterocycles. The molecule has 126 valence electrons. The Morgan fingerprint density at radius 3 is 1.68 bits per heavy atom. The fourth-order valence-electron chi connectivity index (χ4n) is 2.00. The molecular weight excluding hydrogens is 318 g/mol. The summed E-state index contributed by atoms with van der Waals surface area (Å²) < 4.78 is 81.3. The first-order chi connectivity index (χ1) is 9.86. The van der Waals surface area contributed by atoms with E-state index in [4.69, 9.17) is 4.74 Å². The van der Waals surface area contributed by atoms with Crippen LogP contribution in [0.25, 0.3) is 0 Å². The molecule has 0 spiro atoms. The van der Waals surface area contributed by atoms with Gasteiger partial charge in [-0.05, 0) is 17.7 Å². The molecule has 0 aliphatic rings. The molecule has 0 aliphatic carbocycles. The van der Waals surface area contributed by atoms with E-state index >= 15 is 0 Å². The van der Waals surface area contributed by atoms with Crippen LogP contribution in [0, 0.1) is 5.92 Å². The van der Waals surface area contributed by atoms with E-state index in [-0.39, 0.29) is 5.56 Å². The molecule has 0 saturated carbocycles. The zero-order valence-electron chi connectivity index (χ0n) is 11.5. The second kappa shape index (κ2) is 5.96. The number of ether oxygens (including phenoxy) is 1. The van der Waals surface area contributed by atoms with Crippen molar-refractivity contribution in [3.05, 3.63) is 29.8 Å². The molecule has 1 rings (SSSR count). The van der Waals surface area contributed by atoms with E-state index < -0.39 is 30.0 Å². The molecule has 0 radical (unpaired) electrons. The lowest BCUT2D eigenvalue weighted by atomic mass is 9.81. The second-order valence-electron chi connectivity index (χ2n) is 4.77. The summed E-state index contributed by atoms with van der Waals surface area (Å²) in [7, 11) is 1.32. The number of halogens is 6. The minimum Gasteiger partial charge on any atom is -0.497 e. The van der Waals surface area contributed by atoms with E-state index in [1.54, 1.807) is 0 Å². The van der Waals surface area contributed by atoms with Crippen molar-refractivity contribution in [2.24, 2.45) is 5.92 Å². The van der Waals surface area contributed by atoms with Gasteiger partial charge >= 0.3 is 12.4 Å². The number of hydrogen-bond donors (Lipinski definition) is 2. The van der Waals surface area contributed by atoms with Crippen LogP contribution in [0.5, 0.6) is 5.75 Å². The maximum atomic E-state index is 12.7. The van der Waals surface area contributed by atoms with E-state index in [0.717, 1.165) is 12.1 Å². The van der Waals surface area contributed by atoms with Gasteiger partial charge in [0.2, 0.25) is 0 Å². The zero-order chi connectivity index (χ0) is 17.3. The monoisotopic (exact) mass is 332 g/mol. The Morgan fingerprint density at radius 1 is 0.955 bits per heavy atom. The smallest absolute Gasteiger partial charge is 0.426 e. The standard InChI is InChI=1S/C13H14F6O3/c1-7(11(21,12(14,15)16)13(17,18)19)10(20)8-3-5-9(22-2)6-4-8/h3-7,10,20-21H,1-2H3/t7-,10-/m0/s1. The highest BCUT2D eigenvalue weighted by Gasteiger charge is 2.73. The quantitative estimate of drug-likeness (QED) is 0.833. The molecule has 1 aromatic rings. The Balaban J connectivity index is 3.21. The van der Waals surface area contributed by atoms with Crippen LogP contribution >= 0.6 is 0 Å². The summed E-state index contributed by atoms with van der Waals surface area (Å²) in [4.78, 5) is 0. The van der Waals surface area contributed by atoms with Crippen LogP contribution in [-0.2, 0) is 0 Å². The van der Waals surface area contributed by atoms with Crippen molar-refractivity contribution in [2.75, 3.05) is 7.11 Å². The highest BCUT2D eigenvalue weighted by molar-refractivity contribution is 5.29. The average molecular weight is 332 g/mol. The molecule has 0 bridgehead atoms. The molecule has 0 saturated heterocycles. The van der Waals surface area contributed by atoms with Crippen LogP contribution in [0.1, 0.15) is 18.6 Å². The molecule has 22 heavy (non-hydrogen) atoms. The van der Waals surface area contributed by atoms with Crippen molar-refractivity contribution in [2.45, 2.75) is 31.0 Å². The molecule has 0 unspecified atom stereocenters. The molecule has 2 N–H and O–H groups in total. The van der Waals surface area contributed by atoms with Crippen LogP contribution in [0.2, 0.25) is 0 Å². The Morgan fingerprint density at radius 2 is 1.36 bits per heavy atom. The van der Waals surface area contributed by atoms with E-state index in [1.807, 2.05) is 0 Å². The van der Waals surface area contributed by atoms with Gasteiger partial charge in [-0.3, -0.25) is 0 Å². The topological polar surface area (TPSA) is 49.7 Å². The second-order valence-corrected chi connectivity index (χ2v) is 4.77. The lowest BCUT2D eigenvalue weighted by Gasteiger charge is -2.39. The van der Waals surface area contributed by atoms with Crippen molar-refractivity contribution in [1.82, 2.24) is 0 Å². The van der Waals surface area contributed by atoms with Crippen molar-refractivity contribution in [3.63, 3.8) is 0 Å². The molecule has 2 atom stereocenters. The molecular formula is C13H14F6O3. The minimum atomic E-state index is -5.99. The number of alkyl halides is 6. The van der Waals surface area contributed by atoms with Crippen LogP contribution in [0.15, 0.2) is 24.3 Å². The lowest BCUT2D eigenvalue weighted by molar-refractivity contribution is -0.389. The predicted molar refractivity (Wildman–Crippen MR) is 64.2 cm³/mol. The number of methoxy groups -OCH3 is 1. The molecule has 3 nitrogen and oxygen atoms in total. The van der Waals surface area contributed by atoms with Gasteiger partial charge in [-0.25, -0.2) is 0 Å². The molecule has 0 fully saturated rings. The van der Waals surface area contributed by atoms with E-state index in [2.05, 4.69) is 0 Å². The summed E-state index contributed by atoms with van der Waals surface area (Å²) in [6, 6.07) is 4.78. The molecule has 0 aliphatic heterocycles. The first-order valence-electron chi connectivity index (χ1n) is 6.04. The number of benzene rings is 1. The summed E-state index contributed by atoms with van der Waals surface area (Å²) in [5.41, 5.74) is -5.24. The first kappa shape index (κ1) is 18.6. The van der Waals surface area contributed by atoms with Crippen molar-refractivity contribution in [1.29, 1.82) is 0 Å². The highest BCUT2D eigenvalue weighted by Crippen LogP contribution is 2.50. The maximum Gasteiger partial charge on any atom is 0.426 e. The predicted octanol–water partition coefficient (Wildman–Crippen LogP) is 3.22. The number of hydrogen-bond acceptors (Lipinski definition) is 3. The van der Waals surface area contributed by atoms with Gasteiger partial charge in [0.1, 0.15) is 5.75 Å². The Labute approximate surface area is 122 Å². The Hall–Kier alpha value is -1.48. The van der Waals surface area contributed by atoms with Gasteiger partial charge in [-0.1, -0.05) is 19.1 Å². The van der Waals surface area contributed by atoms with Crippen molar-refractivity contribution < 1.29 is 41.3 Å². The van der Waals surface area contributed by atoms with Crippen LogP contribution in [0.4, 0.5) is 26.3 Å². The molecule has 1 aromatic carbocycles. The van der Waals surface area contributed by atoms with Gasteiger partial charge in [-0.15, -0.1) is 0 Å². The summed E-state index contributed by atoms with van der Waals surface area (Å²) in [6.45, 7) is 0.482. The number of aliphatic hydroxyl groups excluding tert-OH is 1. The minimum absolute atomic E-state index is 0.208. The Bertz CT molecular complexity index is 480.